The molecular weight excluding hydrogens is 390 g/mol. The number of sulfone groups is 1. The first kappa shape index (κ1) is 19.9. The van der Waals surface area contributed by atoms with Crippen LogP contribution in [0.15, 0.2) is 48.5 Å². The Balaban J connectivity index is 1.81. The van der Waals surface area contributed by atoms with Crippen molar-refractivity contribution >= 4 is 26.8 Å². The standard InChI is InChI=1S/C19H18F2N2O4S/c1-12(17-22-15-5-3-4-6-16(15)23(17)19(20)21)27-18(24)14-9-7-13(8-10-14)11-28(2,25)26/h3-10,12,19H,11H2,1-2H3. The molecule has 0 saturated heterocycles. The second-order valence-electron chi connectivity index (χ2n) is 6.42. The van der Waals surface area contributed by atoms with Crippen LogP contribution in [0.5, 0.6) is 0 Å². The van der Waals surface area contributed by atoms with E-state index < -0.39 is 28.5 Å². The van der Waals surface area contributed by atoms with Gasteiger partial charge in [0.1, 0.15) is 0 Å². The lowest BCUT2D eigenvalue weighted by molar-refractivity contribution is 0.0233. The van der Waals surface area contributed by atoms with Crippen LogP contribution in [0.2, 0.25) is 0 Å². The number of aromatic nitrogens is 2. The minimum absolute atomic E-state index is 0.0572. The van der Waals surface area contributed by atoms with Gasteiger partial charge in [-0.1, -0.05) is 24.3 Å². The molecule has 1 aromatic heterocycles. The van der Waals surface area contributed by atoms with E-state index in [-0.39, 0.29) is 22.7 Å². The largest absolute Gasteiger partial charge is 0.451 e. The van der Waals surface area contributed by atoms with E-state index in [1.54, 1.807) is 18.2 Å². The molecule has 0 bridgehead atoms. The van der Waals surface area contributed by atoms with Crippen LogP contribution >= 0.6 is 0 Å². The summed E-state index contributed by atoms with van der Waals surface area (Å²) in [6.07, 6.45) is 0.107. The molecule has 0 aliphatic heterocycles. The smallest absolute Gasteiger partial charge is 0.338 e. The van der Waals surface area contributed by atoms with Crippen LogP contribution in [0.1, 0.15) is 41.3 Å². The maximum absolute atomic E-state index is 13.5. The highest BCUT2D eigenvalue weighted by Crippen LogP contribution is 2.28. The van der Waals surface area contributed by atoms with Gasteiger partial charge in [0.05, 0.1) is 22.3 Å². The minimum atomic E-state index is -3.19. The van der Waals surface area contributed by atoms with Gasteiger partial charge in [0, 0.05) is 6.26 Å². The molecule has 1 heterocycles. The van der Waals surface area contributed by atoms with E-state index in [1.807, 2.05) is 0 Å². The summed E-state index contributed by atoms with van der Waals surface area (Å²) in [5.74, 6) is -0.915. The molecule has 0 N–H and O–H groups in total. The van der Waals surface area contributed by atoms with Crippen molar-refractivity contribution in [1.29, 1.82) is 0 Å². The maximum Gasteiger partial charge on any atom is 0.338 e. The Morgan fingerprint density at radius 3 is 2.39 bits per heavy atom. The minimum Gasteiger partial charge on any atom is -0.451 e. The van der Waals surface area contributed by atoms with Gasteiger partial charge in [0.2, 0.25) is 0 Å². The Kier molecular flexibility index (Phi) is 5.46. The molecule has 0 amide bonds. The fourth-order valence-corrected chi connectivity index (χ4v) is 3.67. The van der Waals surface area contributed by atoms with E-state index in [1.165, 1.54) is 37.3 Å². The predicted octanol–water partition coefficient (Wildman–Crippen LogP) is 3.89. The molecule has 2 aromatic carbocycles. The Morgan fingerprint density at radius 2 is 1.79 bits per heavy atom. The number of benzene rings is 2. The van der Waals surface area contributed by atoms with E-state index in [0.717, 1.165) is 10.8 Å². The fraction of sp³-hybridized carbons (Fsp3) is 0.263. The second kappa shape index (κ2) is 7.67. The summed E-state index contributed by atoms with van der Waals surface area (Å²) in [7, 11) is -3.19. The number of fused-ring (bicyclic) bond motifs is 1. The predicted molar refractivity (Wildman–Crippen MR) is 99.8 cm³/mol. The summed E-state index contributed by atoms with van der Waals surface area (Å²) in [4.78, 5) is 16.5. The van der Waals surface area contributed by atoms with Crippen LogP contribution in [-0.2, 0) is 20.3 Å². The zero-order valence-electron chi connectivity index (χ0n) is 15.2. The number of ether oxygens (including phenoxy) is 1. The van der Waals surface area contributed by atoms with Crippen molar-refractivity contribution in [2.24, 2.45) is 0 Å². The van der Waals surface area contributed by atoms with Gasteiger partial charge in [0.25, 0.3) is 0 Å². The molecule has 6 nitrogen and oxygen atoms in total. The van der Waals surface area contributed by atoms with Crippen molar-refractivity contribution < 1.29 is 26.7 Å². The van der Waals surface area contributed by atoms with Crippen LogP contribution in [0.4, 0.5) is 8.78 Å². The number of halogens is 2. The summed E-state index contributed by atoms with van der Waals surface area (Å²) in [6.45, 7) is -1.37. The monoisotopic (exact) mass is 408 g/mol. The van der Waals surface area contributed by atoms with Crippen molar-refractivity contribution in [3.63, 3.8) is 0 Å². The number of carbonyl (C=O) groups is 1. The molecule has 0 aliphatic rings. The van der Waals surface area contributed by atoms with Crippen molar-refractivity contribution in [1.82, 2.24) is 9.55 Å². The molecule has 148 valence electrons. The Morgan fingerprint density at radius 1 is 1.14 bits per heavy atom. The van der Waals surface area contributed by atoms with Crippen molar-refractivity contribution in [2.45, 2.75) is 25.3 Å². The van der Waals surface area contributed by atoms with E-state index in [9.17, 15) is 22.0 Å². The second-order valence-corrected chi connectivity index (χ2v) is 8.56. The zero-order valence-corrected chi connectivity index (χ0v) is 16.0. The van der Waals surface area contributed by atoms with Crippen molar-refractivity contribution in [2.75, 3.05) is 6.26 Å². The molecule has 0 spiro atoms. The summed E-state index contributed by atoms with van der Waals surface area (Å²) < 4.78 is 55.7. The van der Waals surface area contributed by atoms with Gasteiger partial charge in [-0.25, -0.2) is 18.2 Å². The molecule has 0 aliphatic carbocycles. The molecule has 1 atom stereocenters. The topological polar surface area (TPSA) is 78.3 Å². The Labute approximate surface area is 160 Å². The van der Waals surface area contributed by atoms with Gasteiger partial charge in [-0.2, -0.15) is 8.78 Å². The number of alkyl halides is 2. The molecule has 0 saturated carbocycles. The van der Waals surface area contributed by atoms with Crippen LogP contribution in [0.25, 0.3) is 11.0 Å². The van der Waals surface area contributed by atoms with Crippen molar-refractivity contribution in [3.05, 3.63) is 65.5 Å². The average Bonchev–Trinajstić information content (AvgIpc) is 3.00. The molecule has 3 aromatic rings. The number of para-hydroxylation sites is 2. The first-order chi connectivity index (χ1) is 13.2. The molecule has 0 radical (unpaired) electrons. The van der Waals surface area contributed by atoms with Crippen LogP contribution < -0.4 is 0 Å². The number of hydrogen-bond acceptors (Lipinski definition) is 5. The normalized spacial score (nSPS) is 13.0. The number of esters is 1. The Hall–Kier alpha value is -2.81. The van der Waals surface area contributed by atoms with E-state index in [4.69, 9.17) is 4.74 Å². The van der Waals surface area contributed by atoms with Gasteiger partial charge in [-0.05, 0) is 36.8 Å². The van der Waals surface area contributed by atoms with Crippen LogP contribution in [-0.4, -0.2) is 30.2 Å². The third-order valence-corrected chi connectivity index (χ3v) is 4.94. The summed E-state index contributed by atoms with van der Waals surface area (Å²) in [5.41, 5.74) is 1.35. The van der Waals surface area contributed by atoms with Gasteiger partial charge < -0.3 is 4.74 Å². The van der Waals surface area contributed by atoms with E-state index >= 15 is 0 Å². The molecule has 3 rings (SSSR count). The third kappa shape index (κ3) is 4.36. The Bertz CT molecular complexity index is 1110. The van der Waals surface area contributed by atoms with E-state index in [2.05, 4.69) is 4.98 Å². The fourth-order valence-electron chi connectivity index (χ4n) is 2.88. The molecule has 28 heavy (non-hydrogen) atoms. The highest BCUT2D eigenvalue weighted by molar-refractivity contribution is 7.89. The molecule has 0 fully saturated rings. The highest BCUT2D eigenvalue weighted by Gasteiger charge is 2.24. The lowest BCUT2D eigenvalue weighted by Crippen LogP contribution is -2.14. The third-order valence-electron chi connectivity index (χ3n) is 4.08. The highest BCUT2D eigenvalue weighted by atomic mass is 32.2. The summed E-state index contributed by atoms with van der Waals surface area (Å²) in [6, 6.07) is 12.3. The van der Waals surface area contributed by atoms with Gasteiger partial charge in [0.15, 0.2) is 21.8 Å². The first-order valence-electron chi connectivity index (χ1n) is 8.38. The van der Waals surface area contributed by atoms with Gasteiger partial charge >= 0.3 is 12.5 Å². The van der Waals surface area contributed by atoms with Crippen LogP contribution in [0, 0.1) is 0 Å². The summed E-state index contributed by atoms with van der Waals surface area (Å²) >= 11 is 0. The zero-order chi connectivity index (χ0) is 20.5. The number of carbonyl (C=O) groups excluding carboxylic acids is 1. The van der Waals surface area contributed by atoms with Crippen molar-refractivity contribution in [3.8, 4) is 0 Å². The van der Waals surface area contributed by atoms with Crippen LogP contribution in [0.3, 0.4) is 0 Å². The molecule has 1 unspecified atom stereocenters. The lowest BCUT2D eigenvalue weighted by atomic mass is 10.1. The van der Waals surface area contributed by atoms with Gasteiger partial charge in [-0.3, -0.25) is 4.57 Å². The quantitative estimate of drug-likeness (QED) is 0.578. The number of nitrogens with zero attached hydrogens (tertiary/aromatic N) is 2. The number of rotatable bonds is 6. The SMILES string of the molecule is CC(OC(=O)c1ccc(CS(C)(=O)=O)cc1)c1nc2ccccc2n1C(F)F. The molecular formula is C19H18F2N2O4S. The summed E-state index contributed by atoms with van der Waals surface area (Å²) in [5, 5.41) is 0. The van der Waals surface area contributed by atoms with E-state index in [0.29, 0.717) is 11.1 Å². The maximum atomic E-state index is 13.5. The van der Waals surface area contributed by atoms with Gasteiger partial charge in [-0.15, -0.1) is 0 Å². The molecule has 9 heteroatoms. The first-order valence-corrected chi connectivity index (χ1v) is 10.4. The average molecular weight is 408 g/mol. The number of imidazole rings is 1. The lowest BCUT2D eigenvalue weighted by Gasteiger charge is -2.15. The number of hydrogen-bond donors (Lipinski definition) is 0.